The number of hydrogen-bond donors (Lipinski definition) is 1. The molecule has 4 fully saturated rings. The van der Waals surface area contributed by atoms with E-state index < -0.39 is 40.5 Å². The number of alkyl halides is 5. The highest BCUT2D eigenvalue weighted by Crippen LogP contribution is 2.69. The highest BCUT2D eigenvalue weighted by atomic mass is 32.2. The number of sulfone groups is 1. The monoisotopic (exact) mass is 676 g/mol. The second-order valence-corrected chi connectivity index (χ2v) is 17.5. The van der Waals surface area contributed by atoms with E-state index >= 15 is 0 Å². The van der Waals surface area contributed by atoms with Gasteiger partial charge in [0.1, 0.15) is 21.4 Å². The maximum Gasteiger partial charge on any atom is 0.453 e. The van der Waals surface area contributed by atoms with Crippen LogP contribution in [-0.2, 0) is 14.6 Å². The third-order valence-corrected chi connectivity index (χ3v) is 14.2. The summed E-state index contributed by atoms with van der Waals surface area (Å²) in [6.07, 6.45) is 0.506. The van der Waals surface area contributed by atoms with Crippen molar-refractivity contribution in [1.29, 1.82) is 0 Å². The Morgan fingerprint density at radius 1 is 0.913 bits per heavy atom. The minimum Gasteiger partial charge on any atom is -0.494 e. The first-order valence-electron chi connectivity index (χ1n) is 17.0. The van der Waals surface area contributed by atoms with Crippen molar-refractivity contribution in [2.45, 2.75) is 121 Å². The van der Waals surface area contributed by atoms with Crippen LogP contribution in [0, 0.1) is 34.5 Å². The van der Waals surface area contributed by atoms with Crippen molar-refractivity contribution in [2.24, 2.45) is 34.5 Å². The lowest BCUT2D eigenvalue weighted by Crippen LogP contribution is -2.56. The fraction of sp³-hybridized carbons (Fsp3) is 0.800. The number of aliphatic hydroxyl groups excluding tert-OH is 1. The molecular formula is C35H49F5O5S. The molecule has 4 aliphatic carbocycles. The molecule has 5 rings (SSSR count). The predicted molar refractivity (Wildman–Crippen MR) is 166 cm³/mol. The van der Waals surface area contributed by atoms with Crippen LogP contribution < -0.4 is 4.74 Å². The van der Waals surface area contributed by atoms with Gasteiger partial charge in [0.2, 0.25) is 0 Å². The molecule has 0 spiro atoms. The molecular weight excluding hydrogens is 627 g/mol. The van der Waals surface area contributed by atoms with Crippen molar-refractivity contribution in [1.82, 2.24) is 0 Å². The Kier molecular flexibility index (Phi) is 10.3. The number of hydrogen-bond acceptors (Lipinski definition) is 5. The molecule has 0 saturated heterocycles. The molecule has 0 bridgehead atoms. The maximum absolute atomic E-state index is 13.0. The topological polar surface area (TPSA) is 80.7 Å². The van der Waals surface area contributed by atoms with Crippen LogP contribution in [0.25, 0.3) is 0 Å². The molecule has 1 N–H and O–H groups in total. The smallest absolute Gasteiger partial charge is 0.453 e. The van der Waals surface area contributed by atoms with Crippen LogP contribution >= 0.6 is 0 Å². The Morgan fingerprint density at radius 3 is 2.30 bits per heavy atom. The van der Waals surface area contributed by atoms with E-state index in [1.165, 1.54) is 5.56 Å². The van der Waals surface area contributed by atoms with Gasteiger partial charge in [-0.2, -0.15) is 22.0 Å². The van der Waals surface area contributed by atoms with Crippen LogP contribution in [0.3, 0.4) is 0 Å². The molecule has 1 aromatic rings. The number of halogens is 5. The molecule has 11 heteroatoms. The number of ether oxygens (including phenoxy) is 1. The minimum absolute atomic E-state index is 0.104. The lowest BCUT2D eigenvalue weighted by Gasteiger charge is -2.62. The zero-order chi connectivity index (χ0) is 33.5. The van der Waals surface area contributed by atoms with Crippen LogP contribution in [0.5, 0.6) is 5.75 Å². The highest BCUT2D eigenvalue weighted by molar-refractivity contribution is 7.91. The van der Waals surface area contributed by atoms with Gasteiger partial charge in [-0.3, -0.25) is 4.79 Å². The van der Waals surface area contributed by atoms with Crippen molar-refractivity contribution in [2.75, 3.05) is 18.1 Å². The third-order valence-electron chi connectivity index (χ3n) is 12.4. The van der Waals surface area contributed by atoms with E-state index in [4.69, 9.17) is 4.74 Å². The van der Waals surface area contributed by atoms with Gasteiger partial charge < -0.3 is 9.84 Å². The predicted octanol–water partition coefficient (Wildman–Crippen LogP) is 8.29. The zero-order valence-corrected chi connectivity index (χ0v) is 27.8. The molecule has 46 heavy (non-hydrogen) atoms. The summed E-state index contributed by atoms with van der Waals surface area (Å²) < 4.78 is 93.0. The van der Waals surface area contributed by atoms with E-state index in [9.17, 15) is 40.3 Å². The fourth-order valence-corrected chi connectivity index (χ4v) is 11.3. The maximum atomic E-state index is 13.0. The molecule has 0 aliphatic heterocycles. The Morgan fingerprint density at radius 2 is 1.61 bits per heavy atom. The number of benzene rings is 1. The van der Waals surface area contributed by atoms with Gasteiger partial charge >= 0.3 is 12.1 Å². The molecule has 0 aromatic heterocycles. The van der Waals surface area contributed by atoms with Gasteiger partial charge in [-0.25, -0.2) is 8.42 Å². The molecule has 4 aliphatic rings. The zero-order valence-electron chi connectivity index (χ0n) is 27.0. The molecule has 5 nitrogen and oxygen atoms in total. The average molecular weight is 677 g/mol. The van der Waals surface area contributed by atoms with Crippen LogP contribution in [0.15, 0.2) is 24.3 Å². The molecule has 1 aromatic carbocycles. The molecule has 0 amide bonds. The first-order chi connectivity index (χ1) is 21.5. The van der Waals surface area contributed by atoms with Crippen molar-refractivity contribution >= 4 is 15.6 Å². The van der Waals surface area contributed by atoms with Gasteiger partial charge in [-0.1, -0.05) is 26.0 Å². The quantitative estimate of drug-likeness (QED) is 0.178. The summed E-state index contributed by atoms with van der Waals surface area (Å²) in [7, 11) is -3.71. The number of carbonyl (C=O) groups is 1. The first kappa shape index (κ1) is 35.6. The summed E-state index contributed by atoms with van der Waals surface area (Å²) in [6, 6.07) is 8.21. The third kappa shape index (κ3) is 7.15. The number of rotatable bonds is 12. The Balaban J connectivity index is 1.14. The summed E-state index contributed by atoms with van der Waals surface area (Å²) in [5.41, 5.74) is 1.24. The van der Waals surface area contributed by atoms with Gasteiger partial charge in [0.05, 0.1) is 24.2 Å². The fourth-order valence-electron chi connectivity index (χ4n) is 9.89. The van der Waals surface area contributed by atoms with Crippen LogP contribution in [0.2, 0.25) is 0 Å². The van der Waals surface area contributed by atoms with Crippen molar-refractivity contribution in [3.8, 4) is 5.75 Å². The summed E-state index contributed by atoms with van der Waals surface area (Å²) in [5.74, 6) is -2.52. The van der Waals surface area contributed by atoms with E-state index in [0.29, 0.717) is 67.5 Å². The molecule has 3 unspecified atom stereocenters. The standard InChI is InChI=1S/C35H49F5O5S/c1-32-17-15-25(41)21-24(32)9-12-27-29-13-14-30(42)33(29,2)22-28(31(27)32)23-7-10-26(11-8-23)45-18-4-3-5-19-46(43,44)20-6-16-34(36,37)35(38,39)40/h7-8,10-11,24,27-31,42H,3-6,9,12-22H2,1-2H3/t24?,27-,28?,29-,30?,31-,32-,33-/m0/s1. The summed E-state index contributed by atoms with van der Waals surface area (Å²) >= 11 is 0. The van der Waals surface area contributed by atoms with Crippen LogP contribution in [0.4, 0.5) is 22.0 Å². The number of ketones is 1. The Labute approximate surface area is 270 Å². The van der Waals surface area contributed by atoms with E-state index in [-0.39, 0.29) is 35.0 Å². The lowest BCUT2D eigenvalue weighted by atomic mass is 9.42. The molecule has 260 valence electrons. The van der Waals surface area contributed by atoms with Crippen LogP contribution in [-0.4, -0.2) is 55.6 Å². The summed E-state index contributed by atoms with van der Waals surface area (Å²) in [5, 5.41) is 11.1. The molecule has 8 atom stereocenters. The van der Waals surface area contributed by atoms with Gasteiger partial charge in [0.15, 0.2) is 0 Å². The lowest BCUT2D eigenvalue weighted by molar-refractivity contribution is -0.284. The Hall–Kier alpha value is -1.75. The van der Waals surface area contributed by atoms with E-state index in [0.717, 1.165) is 38.5 Å². The number of aliphatic hydroxyl groups is 1. The van der Waals surface area contributed by atoms with Crippen molar-refractivity contribution in [3.63, 3.8) is 0 Å². The largest absolute Gasteiger partial charge is 0.494 e. The van der Waals surface area contributed by atoms with Crippen molar-refractivity contribution in [3.05, 3.63) is 29.8 Å². The Bertz CT molecular complexity index is 1330. The van der Waals surface area contributed by atoms with Crippen molar-refractivity contribution < 1.29 is 45.0 Å². The van der Waals surface area contributed by atoms with Gasteiger partial charge in [-0.15, -0.1) is 0 Å². The number of unbranched alkanes of at least 4 members (excludes halogenated alkanes) is 2. The second-order valence-electron chi connectivity index (χ2n) is 15.2. The SMILES string of the molecule is C[C@]12CCC(=O)CC1CC[C@@H]1[C@H]2C(c2ccc(OCCCCCS(=O)(=O)CCCC(F)(F)C(F)(F)F)cc2)C[C@]2(C)C(O)CC[C@@H]12. The number of carbonyl (C=O) groups excluding carboxylic acids is 1. The van der Waals surface area contributed by atoms with E-state index in [2.05, 4.69) is 26.0 Å². The first-order valence-corrected chi connectivity index (χ1v) is 18.9. The summed E-state index contributed by atoms with van der Waals surface area (Å²) in [4.78, 5) is 12.4. The van der Waals surface area contributed by atoms with E-state index in [1.54, 1.807) is 0 Å². The summed E-state index contributed by atoms with van der Waals surface area (Å²) in [6.45, 7) is 5.08. The van der Waals surface area contributed by atoms with E-state index in [1.807, 2.05) is 12.1 Å². The molecule has 0 heterocycles. The van der Waals surface area contributed by atoms with Gasteiger partial charge in [-0.05, 0) is 122 Å². The molecule has 0 radical (unpaired) electrons. The minimum atomic E-state index is -5.67. The van der Waals surface area contributed by atoms with Gasteiger partial charge in [0, 0.05) is 19.3 Å². The highest BCUT2D eigenvalue weighted by Gasteiger charge is 2.63. The average Bonchev–Trinajstić information content (AvgIpc) is 3.28. The molecule has 4 saturated carbocycles. The van der Waals surface area contributed by atoms with Crippen LogP contribution in [0.1, 0.15) is 109 Å². The second kappa shape index (κ2) is 13.3. The van der Waals surface area contributed by atoms with Gasteiger partial charge in [0.25, 0.3) is 0 Å². The number of Topliss-reactive ketones (excluding diaryl/α,β-unsaturated/α-hetero) is 1. The number of fused-ring (bicyclic) bond motifs is 5. The normalized spacial score (nSPS) is 34.9.